The fraction of sp³-hybridized carbons (Fsp3) is 0.0714. The van der Waals surface area contributed by atoms with Gasteiger partial charge in [0.15, 0.2) is 0 Å². The van der Waals surface area contributed by atoms with Crippen molar-refractivity contribution in [2.75, 3.05) is 0 Å². The number of nitrogens with zero attached hydrogens (tertiary/aromatic N) is 2. The van der Waals surface area contributed by atoms with Gasteiger partial charge in [0, 0.05) is 16.7 Å². The molecule has 2 aromatic carbocycles. The standard InChI is InChI=1S/C14H11N3O2S/c18-17(19)14-7-11(6-13-12(14)8-15-16-13)20-9-10-4-2-1-3-5-10/h1-8H,9H2,(H,15,16). The average molecular weight is 285 g/mol. The Labute approximate surface area is 119 Å². The van der Waals surface area contributed by atoms with E-state index < -0.39 is 0 Å². The van der Waals surface area contributed by atoms with E-state index in [9.17, 15) is 10.1 Å². The van der Waals surface area contributed by atoms with Crippen molar-refractivity contribution in [3.8, 4) is 0 Å². The van der Waals surface area contributed by atoms with Gasteiger partial charge in [-0.25, -0.2) is 0 Å². The third-order valence-electron chi connectivity index (χ3n) is 2.96. The molecular weight excluding hydrogens is 274 g/mol. The summed E-state index contributed by atoms with van der Waals surface area (Å²) in [6.07, 6.45) is 1.49. The molecule has 0 bridgehead atoms. The summed E-state index contributed by atoms with van der Waals surface area (Å²) in [7, 11) is 0. The zero-order valence-corrected chi connectivity index (χ0v) is 11.3. The largest absolute Gasteiger partial charge is 0.281 e. The highest BCUT2D eigenvalue weighted by molar-refractivity contribution is 7.98. The summed E-state index contributed by atoms with van der Waals surface area (Å²) < 4.78 is 0. The maximum atomic E-state index is 11.1. The van der Waals surface area contributed by atoms with Crippen molar-refractivity contribution in [2.24, 2.45) is 0 Å². The first kappa shape index (κ1) is 12.7. The van der Waals surface area contributed by atoms with Gasteiger partial charge in [-0.15, -0.1) is 11.8 Å². The molecule has 5 nitrogen and oxygen atoms in total. The highest BCUT2D eigenvalue weighted by Gasteiger charge is 2.15. The van der Waals surface area contributed by atoms with Crippen LogP contribution < -0.4 is 0 Å². The van der Waals surface area contributed by atoms with E-state index >= 15 is 0 Å². The lowest BCUT2D eigenvalue weighted by molar-refractivity contribution is -0.383. The number of aromatic amines is 1. The van der Waals surface area contributed by atoms with Crippen molar-refractivity contribution in [2.45, 2.75) is 10.6 Å². The Morgan fingerprint density at radius 2 is 2.05 bits per heavy atom. The van der Waals surface area contributed by atoms with E-state index in [0.717, 1.165) is 10.6 Å². The lowest BCUT2D eigenvalue weighted by Gasteiger charge is -2.03. The highest BCUT2D eigenvalue weighted by atomic mass is 32.2. The maximum Gasteiger partial charge on any atom is 0.281 e. The minimum atomic E-state index is -0.371. The summed E-state index contributed by atoms with van der Waals surface area (Å²) in [6, 6.07) is 13.5. The van der Waals surface area contributed by atoms with Crippen LogP contribution in [0.4, 0.5) is 5.69 Å². The van der Waals surface area contributed by atoms with Crippen LogP contribution in [0.2, 0.25) is 0 Å². The molecule has 0 fully saturated rings. The van der Waals surface area contributed by atoms with Gasteiger partial charge >= 0.3 is 0 Å². The molecule has 0 saturated carbocycles. The Bertz CT molecular complexity index is 755. The summed E-state index contributed by atoms with van der Waals surface area (Å²) >= 11 is 1.57. The predicted octanol–water partition coefficient (Wildman–Crippen LogP) is 3.76. The molecule has 0 atom stereocenters. The molecule has 6 heteroatoms. The van der Waals surface area contributed by atoms with Crippen LogP contribution in [-0.2, 0) is 5.75 Å². The fourth-order valence-corrected chi connectivity index (χ4v) is 2.90. The van der Waals surface area contributed by atoms with Gasteiger partial charge in [0.2, 0.25) is 0 Å². The van der Waals surface area contributed by atoms with E-state index in [1.807, 2.05) is 36.4 Å². The molecule has 0 aliphatic carbocycles. The van der Waals surface area contributed by atoms with Gasteiger partial charge in [-0.2, -0.15) is 5.10 Å². The number of thioether (sulfide) groups is 1. The monoisotopic (exact) mass is 285 g/mol. The van der Waals surface area contributed by atoms with E-state index in [0.29, 0.717) is 10.9 Å². The smallest absolute Gasteiger partial charge is 0.278 e. The molecule has 3 rings (SSSR count). The number of H-pyrrole nitrogens is 1. The summed E-state index contributed by atoms with van der Waals surface area (Å²) in [4.78, 5) is 11.6. The minimum absolute atomic E-state index is 0.0896. The van der Waals surface area contributed by atoms with Crippen LogP contribution in [-0.4, -0.2) is 15.1 Å². The first-order chi connectivity index (χ1) is 9.74. The number of nitro benzene ring substituents is 1. The molecule has 0 amide bonds. The Kier molecular flexibility index (Phi) is 3.39. The van der Waals surface area contributed by atoms with E-state index in [1.165, 1.54) is 11.8 Å². The van der Waals surface area contributed by atoms with Crippen molar-refractivity contribution in [1.82, 2.24) is 10.2 Å². The van der Waals surface area contributed by atoms with Crippen LogP contribution in [0.1, 0.15) is 5.56 Å². The number of benzene rings is 2. The van der Waals surface area contributed by atoms with Crippen molar-refractivity contribution >= 4 is 28.4 Å². The average Bonchev–Trinajstić information content (AvgIpc) is 2.93. The number of hydrogen-bond acceptors (Lipinski definition) is 4. The van der Waals surface area contributed by atoms with Gasteiger partial charge < -0.3 is 0 Å². The maximum absolute atomic E-state index is 11.1. The van der Waals surface area contributed by atoms with Gasteiger partial charge in [-0.05, 0) is 11.6 Å². The summed E-state index contributed by atoms with van der Waals surface area (Å²) in [6.45, 7) is 0. The van der Waals surface area contributed by atoms with Gasteiger partial charge in [0.1, 0.15) is 0 Å². The molecule has 3 aromatic rings. The van der Waals surface area contributed by atoms with Crippen LogP contribution in [0.15, 0.2) is 53.6 Å². The molecule has 0 aliphatic heterocycles. The number of nitrogens with one attached hydrogen (secondary N) is 1. The second kappa shape index (κ2) is 5.34. The molecule has 20 heavy (non-hydrogen) atoms. The lowest BCUT2D eigenvalue weighted by atomic mass is 10.2. The van der Waals surface area contributed by atoms with Crippen LogP contribution in [0.25, 0.3) is 10.9 Å². The molecule has 1 N–H and O–H groups in total. The second-order valence-corrected chi connectivity index (χ2v) is 5.35. The SMILES string of the molecule is O=[N+]([O-])c1cc(SCc2ccccc2)cc2[nH]ncc12. The van der Waals surface area contributed by atoms with Crippen molar-refractivity contribution < 1.29 is 4.92 Å². The number of nitro groups is 1. The van der Waals surface area contributed by atoms with E-state index in [2.05, 4.69) is 10.2 Å². The molecular formula is C14H11N3O2S. The third-order valence-corrected chi connectivity index (χ3v) is 4.00. The Morgan fingerprint density at radius 3 is 2.80 bits per heavy atom. The Balaban J connectivity index is 1.90. The number of rotatable bonds is 4. The first-order valence-corrected chi connectivity index (χ1v) is 7.01. The summed E-state index contributed by atoms with van der Waals surface area (Å²) in [5.74, 6) is 0.775. The third kappa shape index (κ3) is 2.50. The van der Waals surface area contributed by atoms with Gasteiger partial charge in [-0.1, -0.05) is 30.3 Å². The second-order valence-electron chi connectivity index (χ2n) is 4.31. The van der Waals surface area contributed by atoms with Gasteiger partial charge in [-0.3, -0.25) is 15.2 Å². The normalized spacial score (nSPS) is 10.8. The fourth-order valence-electron chi connectivity index (χ4n) is 1.98. The predicted molar refractivity (Wildman–Crippen MR) is 78.8 cm³/mol. The van der Waals surface area contributed by atoms with Crippen molar-refractivity contribution in [3.63, 3.8) is 0 Å². The summed E-state index contributed by atoms with van der Waals surface area (Å²) in [5, 5.41) is 18.3. The van der Waals surface area contributed by atoms with Crippen molar-refractivity contribution in [1.29, 1.82) is 0 Å². The quantitative estimate of drug-likeness (QED) is 0.450. The molecule has 0 radical (unpaired) electrons. The number of non-ortho nitro benzene ring substituents is 1. The topological polar surface area (TPSA) is 71.8 Å². The summed E-state index contributed by atoms with van der Waals surface area (Å²) in [5.41, 5.74) is 1.96. The molecule has 0 unspecified atom stereocenters. The van der Waals surface area contributed by atoms with E-state index in [4.69, 9.17) is 0 Å². The highest BCUT2D eigenvalue weighted by Crippen LogP contribution is 2.32. The van der Waals surface area contributed by atoms with E-state index in [1.54, 1.807) is 17.8 Å². The first-order valence-electron chi connectivity index (χ1n) is 6.02. The molecule has 1 aromatic heterocycles. The van der Waals surface area contributed by atoms with Gasteiger partial charge in [0.05, 0.1) is 22.0 Å². The minimum Gasteiger partial charge on any atom is -0.278 e. The van der Waals surface area contributed by atoms with Crippen molar-refractivity contribution in [3.05, 3.63) is 64.3 Å². The molecule has 0 aliphatic rings. The molecule has 1 heterocycles. The molecule has 100 valence electrons. The number of fused-ring (bicyclic) bond motifs is 1. The lowest BCUT2D eigenvalue weighted by Crippen LogP contribution is -1.89. The Hall–Kier alpha value is -2.34. The number of aromatic nitrogens is 2. The zero-order valence-electron chi connectivity index (χ0n) is 10.4. The van der Waals surface area contributed by atoms with E-state index in [-0.39, 0.29) is 10.6 Å². The van der Waals surface area contributed by atoms with Crippen LogP contribution in [0.3, 0.4) is 0 Å². The molecule has 0 saturated heterocycles. The Morgan fingerprint density at radius 1 is 1.25 bits per heavy atom. The molecule has 0 spiro atoms. The van der Waals surface area contributed by atoms with Crippen LogP contribution in [0.5, 0.6) is 0 Å². The van der Waals surface area contributed by atoms with Crippen LogP contribution in [0, 0.1) is 10.1 Å². The number of hydrogen-bond donors (Lipinski definition) is 1. The van der Waals surface area contributed by atoms with Gasteiger partial charge in [0.25, 0.3) is 5.69 Å². The van der Waals surface area contributed by atoms with Crippen LogP contribution >= 0.6 is 11.8 Å². The zero-order chi connectivity index (χ0) is 13.9.